The van der Waals surface area contributed by atoms with Crippen LogP contribution < -0.4 is 16.6 Å². The molecule has 0 spiro atoms. The van der Waals surface area contributed by atoms with Crippen LogP contribution in [0, 0.1) is 6.92 Å². The molecule has 19 heavy (non-hydrogen) atoms. The van der Waals surface area contributed by atoms with Crippen molar-refractivity contribution in [2.24, 2.45) is 5.84 Å². The van der Waals surface area contributed by atoms with Gasteiger partial charge in [0.2, 0.25) is 0 Å². The summed E-state index contributed by atoms with van der Waals surface area (Å²) in [4.78, 5) is 12.2. The van der Waals surface area contributed by atoms with E-state index >= 15 is 0 Å². The maximum absolute atomic E-state index is 12.2. The molecule has 0 aliphatic carbocycles. The Hall–Kier alpha value is -1.59. The van der Waals surface area contributed by atoms with Crippen molar-refractivity contribution in [1.82, 2.24) is 5.32 Å². The van der Waals surface area contributed by atoms with Crippen molar-refractivity contribution in [3.05, 3.63) is 29.3 Å². The van der Waals surface area contributed by atoms with Crippen molar-refractivity contribution < 1.29 is 9.53 Å². The fourth-order valence-corrected chi connectivity index (χ4v) is 1.80. The molecule has 0 heterocycles. The Balaban J connectivity index is 2.76. The molecule has 5 heteroatoms. The fourth-order valence-electron chi connectivity index (χ4n) is 1.80. The van der Waals surface area contributed by atoms with Gasteiger partial charge in [0, 0.05) is 13.2 Å². The van der Waals surface area contributed by atoms with E-state index in [4.69, 9.17) is 10.6 Å². The molecule has 0 bridgehead atoms. The number of hydrazine groups is 1. The van der Waals surface area contributed by atoms with E-state index in [0.717, 1.165) is 5.56 Å². The zero-order valence-corrected chi connectivity index (χ0v) is 12.0. The average Bonchev–Trinajstić information content (AvgIpc) is 2.36. The highest BCUT2D eigenvalue weighted by Crippen LogP contribution is 2.16. The number of benzene rings is 1. The summed E-state index contributed by atoms with van der Waals surface area (Å²) >= 11 is 0. The lowest BCUT2D eigenvalue weighted by atomic mass is 10.1. The van der Waals surface area contributed by atoms with E-state index in [9.17, 15) is 4.79 Å². The van der Waals surface area contributed by atoms with Gasteiger partial charge >= 0.3 is 0 Å². The lowest BCUT2D eigenvalue weighted by Gasteiger charge is -2.25. The molecule has 0 aromatic heterocycles. The number of amides is 1. The number of ether oxygens (including phenoxy) is 1. The normalized spacial score (nSPS) is 11.2. The van der Waals surface area contributed by atoms with Gasteiger partial charge in [-0.05, 0) is 39.8 Å². The summed E-state index contributed by atoms with van der Waals surface area (Å²) in [5.41, 5.74) is 4.30. The molecule has 0 saturated heterocycles. The molecule has 0 fully saturated rings. The fraction of sp³-hybridized carbons (Fsp3) is 0.500. The summed E-state index contributed by atoms with van der Waals surface area (Å²) in [5.74, 6) is 5.25. The van der Waals surface area contributed by atoms with Crippen molar-refractivity contribution >= 4 is 11.6 Å². The van der Waals surface area contributed by atoms with E-state index in [0.29, 0.717) is 24.4 Å². The summed E-state index contributed by atoms with van der Waals surface area (Å²) in [6, 6.07) is 5.49. The smallest absolute Gasteiger partial charge is 0.253 e. The van der Waals surface area contributed by atoms with Crippen molar-refractivity contribution in [3.63, 3.8) is 0 Å². The SMILES string of the molecule is CCOC(C)(C)CNC(=O)c1cc(C)ccc1NN. The molecule has 1 aromatic rings. The highest BCUT2D eigenvalue weighted by molar-refractivity contribution is 5.99. The molecule has 106 valence electrons. The Labute approximate surface area is 114 Å². The summed E-state index contributed by atoms with van der Waals surface area (Å²) in [7, 11) is 0. The van der Waals surface area contributed by atoms with E-state index in [1.54, 1.807) is 12.1 Å². The minimum atomic E-state index is -0.384. The first kappa shape index (κ1) is 15.5. The molecule has 1 amide bonds. The zero-order valence-electron chi connectivity index (χ0n) is 12.0. The van der Waals surface area contributed by atoms with Gasteiger partial charge in [-0.25, -0.2) is 0 Å². The predicted molar refractivity (Wildman–Crippen MR) is 77.0 cm³/mol. The average molecular weight is 265 g/mol. The second-order valence-electron chi connectivity index (χ2n) is 5.07. The van der Waals surface area contributed by atoms with Crippen molar-refractivity contribution in [2.45, 2.75) is 33.3 Å². The van der Waals surface area contributed by atoms with Crippen LogP contribution in [0.2, 0.25) is 0 Å². The van der Waals surface area contributed by atoms with Gasteiger partial charge in [-0.2, -0.15) is 0 Å². The van der Waals surface area contributed by atoms with Crippen LogP contribution in [0.25, 0.3) is 0 Å². The number of anilines is 1. The van der Waals surface area contributed by atoms with E-state index < -0.39 is 0 Å². The molecule has 1 aromatic carbocycles. The summed E-state index contributed by atoms with van der Waals surface area (Å²) < 4.78 is 5.54. The minimum Gasteiger partial charge on any atom is -0.374 e. The summed E-state index contributed by atoms with van der Waals surface area (Å²) in [6.07, 6.45) is 0. The lowest BCUT2D eigenvalue weighted by molar-refractivity contribution is -0.00814. The summed E-state index contributed by atoms with van der Waals surface area (Å²) in [6.45, 7) is 8.80. The van der Waals surface area contributed by atoms with Gasteiger partial charge in [-0.3, -0.25) is 10.6 Å². The molecular formula is C14H23N3O2. The Morgan fingerprint density at radius 2 is 2.11 bits per heavy atom. The second kappa shape index (κ2) is 6.54. The second-order valence-corrected chi connectivity index (χ2v) is 5.07. The standard InChI is InChI=1S/C14H23N3O2/c1-5-19-14(3,4)9-16-13(18)11-8-10(2)6-7-12(11)17-15/h6-8,17H,5,9,15H2,1-4H3,(H,16,18). The number of carbonyl (C=O) groups is 1. The van der Waals surface area contributed by atoms with Gasteiger partial charge in [-0.1, -0.05) is 11.6 Å². The van der Waals surface area contributed by atoms with Crippen LogP contribution in [0.5, 0.6) is 0 Å². The van der Waals surface area contributed by atoms with Crippen LogP contribution in [-0.2, 0) is 4.74 Å². The Morgan fingerprint density at radius 3 is 2.68 bits per heavy atom. The predicted octanol–water partition coefficient (Wildman–Crippen LogP) is 1.83. The number of rotatable bonds is 6. The third kappa shape index (κ3) is 4.54. The third-order valence-electron chi connectivity index (χ3n) is 2.78. The maximum Gasteiger partial charge on any atom is 0.253 e. The highest BCUT2D eigenvalue weighted by Gasteiger charge is 2.20. The molecule has 1 rings (SSSR count). The van der Waals surface area contributed by atoms with Crippen LogP contribution in [0.1, 0.15) is 36.7 Å². The largest absolute Gasteiger partial charge is 0.374 e. The molecule has 0 radical (unpaired) electrons. The van der Waals surface area contributed by atoms with Crippen LogP contribution in [0.3, 0.4) is 0 Å². The quantitative estimate of drug-likeness (QED) is 0.542. The Bertz CT molecular complexity index is 444. The monoisotopic (exact) mass is 265 g/mol. The highest BCUT2D eigenvalue weighted by atomic mass is 16.5. The van der Waals surface area contributed by atoms with E-state index in [-0.39, 0.29) is 11.5 Å². The minimum absolute atomic E-state index is 0.163. The molecule has 0 unspecified atom stereocenters. The Morgan fingerprint density at radius 1 is 1.42 bits per heavy atom. The van der Waals surface area contributed by atoms with Gasteiger partial charge in [0.15, 0.2) is 0 Å². The van der Waals surface area contributed by atoms with Gasteiger partial charge in [0.25, 0.3) is 5.91 Å². The number of hydrogen-bond acceptors (Lipinski definition) is 4. The van der Waals surface area contributed by atoms with E-state index in [1.807, 2.05) is 33.8 Å². The molecule has 0 atom stereocenters. The molecule has 0 aliphatic rings. The first-order valence-corrected chi connectivity index (χ1v) is 6.39. The number of nitrogen functional groups attached to an aromatic ring is 1. The van der Waals surface area contributed by atoms with Crippen molar-refractivity contribution in [1.29, 1.82) is 0 Å². The number of nitrogens with one attached hydrogen (secondary N) is 2. The lowest BCUT2D eigenvalue weighted by Crippen LogP contribution is -2.40. The number of carbonyl (C=O) groups excluding carboxylic acids is 1. The molecular weight excluding hydrogens is 242 g/mol. The van der Waals surface area contributed by atoms with Crippen LogP contribution in [0.15, 0.2) is 18.2 Å². The Kier molecular flexibility index (Phi) is 5.32. The number of hydrogen-bond donors (Lipinski definition) is 3. The first-order valence-electron chi connectivity index (χ1n) is 6.39. The van der Waals surface area contributed by atoms with Crippen LogP contribution in [0.4, 0.5) is 5.69 Å². The van der Waals surface area contributed by atoms with Crippen molar-refractivity contribution in [3.8, 4) is 0 Å². The molecule has 4 N–H and O–H groups in total. The number of nitrogens with two attached hydrogens (primary N) is 1. The maximum atomic E-state index is 12.2. The van der Waals surface area contributed by atoms with Gasteiger partial charge in [0.05, 0.1) is 16.9 Å². The third-order valence-corrected chi connectivity index (χ3v) is 2.78. The molecule has 0 aliphatic heterocycles. The van der Waals surface area contributed by atoms with Crippen molar-refractivity contribution in [2.75, 3.05) is 18.6 Å². The van der Waals surface area contributed by atoms with Gasteiger partial charge in [-0.15, -0.1) is 0 Å². The zero-order chi connectivity index (χ0) is 14.5. The molecule has 5 nitrogen and oxygen atoms in total. The topological polar surface area (TPSA) is 76.4 Å². The van der Waals surface area contributed by atoms with E-state index in [1.165, 1.54) is 0 Å². The van der Waals surface area contributed by atoms with Gasteiger partial charge < -0.3 is 15.5 Å². The van der Waals surface area contributed by atoms with Gasteiger partial charge in [0.1, 0.15) is 0 Å². The molecule has 0 saturated carbocycles. The van der Waals surface area contributed by atoms with Crippen LogP contribution >= 0.6 is 0 Å². The van der Waals surface area contributed by atoms with E-state index in [2.05, 4.69) is 10.7 Å². The van der Waals surface area contributed by atoms with Crippen LogP contribution in [-0.4, -0.2) is 24.7 Å². The number of aryl methyl sites for hydroxylation is 1. The first-order chi connectivity index (χ1) is 8.89. The summed E-state index contributed by atoms with van der Waals surface area (Å²) in [5, 5.41) is 2.87.